The molecule has 1 aromatic carbocycles. The first-order chi connectivity index (χ1) is 12.7. The molecular weight excluding hydrogens is 348 g/mol. The number of aliphatic hydroxyl groups excluding tert-OH is 1. The summed E-state index contributed by atoms with van der Waals surface area (Å²) in [5, 5.41) is 10.3. The molecule has 150 valence electrons. The maximum Gasteiger partial charge on any atom is 0.410 e. The molecule has 0 aliphatic carbocycles. The minimum absolute atomic E-state index is 0.158. The van der Waals surface area contributed by atoms with Crippen molar-refractivity contribution in [3.05, 3.63) is 29.8 Å². The van der Waals surface area contributed by atoms with Crippen molar-refractivity contribution in [1.82, 2.24) is 9.80 Å². The molecule has 1 fully saturated rings. The molecule has 0 saturated carbocycles. The van der Waals surface area contributed by atoms with Gasteiger partial charge in [-0.05, 0) is 38.5 Å². The molecule has 1 amide bonds. The normalized spacial score (nSPS) is 16.9. The molecule has 8 heteroatoms. The number of amides is 1. The summed E-state index contributed by atoms with van der Waals surface area (Å²) in [7, 11) is 1.58. The third-order valence-electron chi connectivity index (χ3n) is 4.16. The first-order valence-electron chi connectivity index (χ1n) is 9.04. The van der Waals surface area contributed by atoms with Crippen LogP contribution in [0.4, 0.5) is 4.79 Å². The molecule has 8 nitrogen and oxygen atoms in total. The van der Waals surface area contributed by atoms with E-state index in [0.29, 0.717) is 37.9 Å². The molecule has 27 heavy (non-hydrogen) atoms. The van der Waals surface area contributed by atoms with Gasteiger partial charge in [0.25, 0.3) is 0 Å². The number of nitrogens with two attached hydrogens (primary N) is 1. The van der Waals surface area contributed by atoms with Gasteiger partial charge in [0, 0.05) is 26.2 Å². The van der Waals surface area contributed by atoms with Crippen molar-refractivity contribution in [3.8, 4) is 5.75 Å². The molecule has 1 atom stereocenters. The van der Waals surface area contributed by atoms with Crippen LogP contribution >= 0.6 is 0 Å². The molecule has 1 aliphatic rings. The number of aliphatic imine (C=N–C) groups is 1. The van der Waals surface area contributed by atoms with Gasteiger partial charge < -0.3 is 30.1 Å². The van der Waals surface area contributed by atoms with Crippen LogP contribution in [-0.2, 0) is 4.74 Å². The molecule has 0 spiro atoms. The van der Waals surface area contributed by atoms with Crippen molar-refractivity contribution in [2.45, 2.75) is 32.5 Å². The van der Waals surface area contributed by atoms with Crippen molar-refractivity contribution in [2.75, 3.05) is 39.8 Å². The Labute approximate surface area is 160 Å². The lowest BCUT2D eigenvalue weighted by Gasteiger charge is -2.36. The Morgan fingerprint density at radius 2 is 1.89 bits per heavy atom. The van der Waals surface area contributed by atoms with Gasteiger partial charge in [-0.1, -0.05) is 12.1 Å². The third-order valence-corrected chi connectivity index (χ3v) is 4.16. The summed E-state index contributed by atoms with van der Waals surface area (Å²) in [4.78, 5) is 20.0. The van der Waals surface area contributed by atoms with Crippen molar-refractivity contribution in [2.24, 2.45) is 10.7 Å². The largest absolute Gasteiger partial charge is 0.497 e. The monoisotopic (exact) mass is 378 g/mol. The van der Waals surface area contributed by atoms with Gasteiger partial charge in [0.15, 0.2) is 5.96 Å². The lowest BCUT2D eigenvalue weighted by molar-refractivity contribution is 0.0186. The molecule has 1 aliphatic heterocycles. The van der Waals surface area contributed by atoms with Crippen LogP contribution in [0.1, 0.15) is 32.4 Å². The summed E-state index contributed by atoms with van der Waals surface area (Å²) in [5.74, 6) is 1.04. The van der Waals surface area contributed by atoms with E-state index in [1.807, 2.05) is 43.9 Å². The van der Waals surface area contributed by atoms with Crippen molar-refractivity contribution >= 4 is 12.1 Å². The Morgan fingerprint density at radius 3 is 2.48 bits per heavy atom. The second-order valence-corrected chi connectivity index (χ2v) is 7.45. The molecular formula is C19H30N4O4. The number of hydrogen-bond acceptors (Lipinski definition) is 5. The van der Waals surface area contributed by atoms with E-state index >= 15 is 0 Å². The van der Waals surface area contributed by atoms with Crippen LogP contribution in [0.3, 0.4) is 0 Å². The first-order valence-corrected chi connectivity index (χ1v) is 9.04. The Bertz CT molecular complexity index is 664. The minimum Gasteiger partial charge on any atom is -0.497 e. The first kappa shape index (κ1) is 20.8. The van der Waals surface area contributed by atoms with Gasteiger partial charge in [0.1, 0.15) is 11.4 Å². The van der Waals surface area contributed by atoms with E-state index in [1.54, 1.807) is 18.1 Å². The second-order valence-electron chi connectivity index (χ2n) is 7.45. The predicted octanol–water partition coefficient (Wildman–Crippen LogP) is 1.60. The quantitative estimate of drug-likeness (QED) is 0.610. The van der Waals surface area contributed by atoms with E-state index in [-0.39, 0.29) is 12.6 Å². The van der Waals surface area contributed by atoms with Crippen molar-refractivity contribution in [1.29, 1.82) is 0 Å². The smallest absolute Gasteiger partial charge is 0.410 e. The predicted molar refractivity (Wildman–Crippen MR) is 104 cm³/mol. The number of guanidine groups is 1. The zero-order valence-corrected chi connectivity index (χ0v) is 16.5. The summed E-state index contributed by atoms with van der Waals surface area (Å²) in [6.07, 6.45) is -1.08. The number of piperazine rings is 1. The molecule has 1 heterocycles. The number of aliphatic hydroxyl groups is 1. The van der Waals surface area contributed by atoms with Crippen LogP contribution < -0.4 is 10.5 Å². The molecule has 0 aromatic heterocycles. The maximum absolute atomic E-state index is 12.1. The van der Waals surface area contributed by atoms with Gasteiger partial charge in [-0.2, -0.15) is 0 Å². The van der Waals surface area contributed by atoms with Gasteiger partial charge in [-0.25, -0.2) is 4.79 Å². The number of rotatable bonds is 4. The Balaban J connectivity index is 1.85. The summed E-state index contributed by atoms with van der Waals surface area (Å²) in [5.41, 5.74) is 6.27. The average Bonchev–Trinajstić information content (AvgIpc) is 2.64. The fourth-order valence-electron chi connectivity index (χ4n) is 2.68. The Hall–Kier alpha value is -2.48. The average molecular weight is 378 g/mol. The van der Waals surface area contributed by atoms with Crippen LogP contribution in [0.15, 0.2) is 29.3 Å². The summed E-state index contributed by atoms with van der Waals surface area (Å²) < 4.78 is 10.5. The molecule has 1 unspecified atom stereocenters. The van der Waals surface area contributed by atoms with E-state index in [9.17, 15) is 9.90 Å². The van der Waals surface area contributed by atoms with Gasteiger partial charge in [0.05, 0.1) is 19.8 Å². The summed E-state index contributed by atoms with van der Waals surface area (Å²) >= 11 is 0. The second kappa shape index (κ2) is 8.94. The van der Waals surface area contributed by atoms with E-state index in [1.165, 1.54) is 0 Å². The summed E-state index contributed by atoms with van der Waals surface area (Å²) in [6, 6.07) is 7.23. The number of carbonyl (C=O) groups excluding carboxylic acids is 1. The fourth-order valence-corrected chi connectivity index (χ4v) is 2.68. The number of methoxy groups -OCH3 is 1. The Kier molecular flexibility index (Phi) is 6.90. The molecule has 3 N–H and O–H groups in total. The van der Waals surface area contributed by atoms with Crippen LogP contribution in [0, 0.1) is 0 Å². The number of benzene rings is 1. The lowest BCUT2D eigenvalue weighted by atomic mass is 10.1. The highest BCUT2D eigenvalue weighted by atomic mass is 16.6. The molecule has 0 radical (unpaired) electrons. The summed E-state index contributed by atoms with van der Waals surface area (Å²) in [6.45, 7) is 7.88. The van der Waals surface area contributed by atoms with Crippen LogP contribution in [0.5, 0.6) is 5.75 Å². The van der Waals surface area contributed by atoms with Crippen LogP contribution in [-0.4, -0.2) is 72.4 Å². The van der Waals surface area contributed by atoms with Crippen molar-refractivity contribution < 1.29 is 19.4 Å². The number of ether oxygens (including phenoxy) is 2. The molecule has 0 bridgehead atoms. The highest BCUT2D eigenvalue weighted by Gasteiger charge is 2.26. The van der Waals surface area contributed by atoms with Gasteiger partial charge >= 0.3 is 6.09 Å². The third kappa shape index (κ3) is 6.32. The van der Waals surface area contributed by atoms with Gasteiger partial charge in [0.2, 0.25) is 0 Å². The zero-order chi connectivity index (χ0) is 20.0. The van der Waals surface area contributed by atoms with Gasteiger partial charge in [-0.3, -0.25) is 4.99 Å². The lowest BCUT2D eigenvalue weighted by Crippen LogP contribution is -2.53. The van der Waals surface area contributed by atoms with Crippen molar-refractivity contribution in [3.63, 3.8) is 0 Å². The number of carbonyl (C=O) groups is 1. The standard InChI is InChI=1S/C19H30N4O4/c1-19(2,3)27-18(25)23-10-8-22(9-11-23)17(20)21-13-16(24)14-6-5-7-15(12-14)26-4/h5-7,12,16,24H,8-11,13H2,1-4H3,(H2,20,21). The molecule has 2 rings (SSSR count). The minimum atomic E-state index is -0.762. The van der Waals surface area contributed by atoms with E-state index < -0.39 is 11.7 Å². The Morgan fingerprint density at radius 1 is 1.26 bits per heavy atom. The molecule has 1 saturated heterocycles. The van der Waals surface area contributed by atoms with E-state index in [2.05, 4.69) is 4.99 Å². The highest BCUT2D eigenvalue weighted by Crippen LogP contribution is 2.19. The SMILES string of the molecule is COc1cccc(C(O)CN=C(N)N2CCN(C(=O)OC(C)(C)C)CC2)c1. The van der Waals surface area contributed by atoms with Crippen LogP contribution in [0.25, 0.3) is 0 Å². The van der Waals surface area contributed by atoms with E-state index in [0.717, 1.165) is 5.56 Å². The zero-order valence-electron chi connectivity index (χ0n) is 16.5. The van der Waals surface area contributed by atoms with Gasteiger partial charge in [-0.15, -0.1) is 0 Å². The molecule has 1 aromatic rings. The number of nitrogens with zero attached hydrogens (tertiary/aromatic N) is 3. The highest BCUT2D eigenvalue weighted by molar-refractivity contribution is 5.78. The maximum atomic E-state index is 12.1. The topological polar surface area (TPSA) is 101 Å². The van der Waals surface area contributed by atoms with Crippen LogP contribution in [0.2, 0.25) is 0 Å². The fraction of sp³-hybridized carbons (Fsp3) is 0.579. The van der Waals surface area contributed by atoms with E-state index in [4.69, 9.17) is 15.2 Å². The number of hydrogen-bond donors (Lipinski definition) is 2.